The number of nitrogens with two attached hydrogens (primary N) is 1. The summed E-state index contributed by atoms with van der Waals surface area (Å²) in [6.45, 7) is 2.09. The van der Waals surface area contributed by atoms with Crippen molar-refractivity contribution in [3.63, 3.8) is 0 Å². The average Bonchev–Trinajstić information content (AvgIpc) is 2.41. The van der Waals surface area contributed by atoms with Crippen molar-refractivity contribution in [2.45, 2.75) is 19.8 Å². The first-order chi connectivity index (χ1) is 9.24. The van der Waals surface area contributed by atoms with E-state index in [2.05, 4.69) is 48.5 Å². The van der Waals surface area contributed by atoms with E-state index in [9.17, 15) is 0 Å². The van der Waals surface area contributed by atoms with E-state index >= 15 is 0 Å². The van der Waals surface area contributed by atoms with Crippen LogP contribution in [0.2, 0.25) is 0 Å². The maximum Gasteiger partial charge on any atom is 0.148 e. The summed E-state index contributed by atoms with van der Waals surface area (Å²) in [7, 11) is 0. The summed E-state index contributed by atoms with van der Waals surface area (Å²) < 4.78 is 0.903. The van der Waals surface area contributed by atoms with Gasteiger partial charge in [0, 0.05) is 16.2 Å². The zero-order chi connectivity index (χ0) is 13.7. The van der Waals surface area contributed by atoms with Gasteiger partial charge >= 0.3 is 0 Å². The number of hydrogen-bond donors (Lipinski definition) is 3. The Morgan fingerprint density at radius 1 is 1.26 bits per heavy atom. The summed E-state index contributed by atoms with van der Waals surface area (Å²) in [5.41, 5.74) is 4.42. The Bertz CT molecular complexity index is 560. The zero-order valence-electron chi connectivity index (χ0n) is 10.5. The summed E-state index contributed by atoms with van der Waals surface area (Å²) in [6.07, 6.45) is 6.75. The van der Waals surface area contributed by atoms with Gasteiger partial charge in [0.2, 0.25) is 0 Å². The molecule has 0 aliphatic carbocycles. The van der Waals surface area contributed by atoms with Crippen molar-refractivity contribution < 1.29 is 0 Å². The molecule has 0 aromatic carbocycles. The molecule has 2 aromatic heterocycles. The van der Waals surface area contributed by atoms with Gasteiger partial charge in [0.25, 0.3) is 0 Å². The Kier molecular flexibility index (Phi) is 4.64. The number of rotatable bonds is 5. The van der Waals surface area contributed by atoms with Crippen molar-refractivity contribution >= 4 is 33.3 Å². The van der Waals surface area contributed by atoms with Gasteiger partial charge in [0.1, 0.15) is 18.0 Å². The van der Waals surface area contributed by atoms with Crippen molar-refractivity contribution in [2.75, 3.05) is 10.7 Å². The fourth-order valence-corrected chi connectivity index (χ4v) is 2.11. The number of anilines is 3. The Labute approximate surface area is 120 Å². The van der Waals surface area contributed by atoms with Gasteiger partial charge in [-0.1, -0.05) is 13.3 Å². The molecule has 0 aliphatic rings. The topological polar surface area (TPSA) is 88.8 Å². The normalized spacial score (nSPS) is 10.3. The predicted octanol–water partition coefficient (Wildman–Crippen LogP) is 2.62. The average molecular weight is 323 g/mol. The third kappa shape index (κ3) is 3.39. The van der Waals surface area contributed by atoms with Crippen LogP contribution in [0.5, 0.6) is 0 Å². The van der Waals surface area contributed by atoms with E-state index in [1.165, 1.54) is 6.33 Å². The molecule has 100 valence electrons. The minimum absolute atomic E-state index is 0.641. The van der Waals surface area contributed by atoms with Crippen molar-refractivity contribution in [3.8, 4) is 0 Å². The second kappa shape index (κ2) is 6.44. The Morgan fingerprint density at radius 2 is 2.05 bits per heavy atom. The number of pyridine rings is 1. The third-order valence-corrected chi connectivity index (χ3v) is 2.98. The first-order valence-corrected chi connectivity index (χ1v) is 6.72. The number of aromatic nitrogens is 3. The molecule has 0 aliphatic heterocycles. The first-order valence-electron chi connectivity index (χ1n) is 5.92. The van der Waals surface area contributed by atoms with Gasteiger partial charge in [0.15, 0.2) is 0 Å². The van der Waals surface area contributed by atoms with Crippen LogP contribution in [-0.4, -0.2) is 15.0 Å². The summed E-state index contributed by atoms with van der Waals surface area (Å²) in [4.78, 5) is 12.5. The van der Waals surface area contributed by atoms with E-state index in [4.69, 9.17) is 5.84 Å². The molecule has 0 saturated heterocycles. The number of nitrogen functional groups attached to an aromatic ring is 1. The molecule has 2 heterocycles. The van der Waals surface area contributed by atoms with Crippen molar-refractivity contribution in [1.82, 2.24) is 15.0 Å². The molecule has 0 spiro atoms. The highest BCUT2D eigenvalue weighted by molar-refractivity contribution is 9.10. The highest BCUT2D eigenvalue weighted by atomic mass is 79.9. The molecule has 0 atom stereocenters. The lowest BCUT2D eigenvalue weighted by atomic mass is 10.1. The van der Waals surface area contributed by atoms with Crippen LogP contribution in [0.3, 0.4) is 0 Å². The number of nitrogens with zero attached hydrogens (tertiary/aromatic N) is 3. The fourth-order valence-electron chi connectivity index (χ4n) is 1.75. The van der Waals surface area contributed by atoms with Crippen LogP contribution in [0.15, 0.2) is 29.3 Å². The summed E-state index contributed by atoms with van der Waals surface area (Å²) in [6, 6.07) is 1.93. The van der Waals surface area contributed by atoms with Crippen molar-refractivity contribution in [1.29, 1.82) is 0 Å². The predicted molar refractivity (Wildman–Crippen MR) is 79.1 cm³/mol. The Morgan fingerprint density at radius 3 is 2.74 bits per heavy atom. The standard InChI is InChI=1S/C12H15BrN6/c1-2-3-10-11(16-7-17-12(10)19-14)18-9-4-8(13)5-15-6-9/h4-7H,2-3,14H2,1H3,(H2,16,17,18,19). The largest absolute Gasteiger partial charge is 0.339 e. The SMILES string of the molecule is CCCc1c(NN)ncnc1Nc1cncc(Br)c1. The molecule has 0 saturated carbocycles. The summed E-state index contributed by atoms with van der Waals surface area (Å²) in [5, 5.41) is 3.23. The second-order valence-corrected chi connectivity index (χ2v) is 4.88. The first kappa shape index (κ1) is 13.7. The van der Waals surface area contributed by atoms with E-state index < -0.39 is 0 Å². The van der Waals surface area contributed by atoms with Gasteiger partial charge in [-0.05, 0) is 28.4 Å². The molecule has 6 nitrogen and oxygen atoms in total. The second-order valence-electron chi connectivity index (χ2n) is 3.96. The molecule has 0 unspecified atom stereocenters. The van der Waals surface area contributed by atoms with Crippen LogP contribution in [-0.2, 0) is 6.42 Å². The Balaban J connectivity index is 2.33. The van der Waals surface area contributed by atoms with E-state index in [0.29, 0.717) is 5.82 Å². The smallest absolute Gasteiger partial charge is 0.148 e. The Hall–Kier alpha value is -1.73. The molecule has 2 rings (SSSR count). The van der Waals surface area contributed by atoms with Crippen LogP contribution in [0.4, 0.5) is 17.3 Å². The van der Waals surface area contributed by atoms with Crippen LogP contribution in [0.1, 0.15) is 18.9 Å². The van der Waals surface area contributed by atoms with Crippen LogP contribution in [0, 0.1) is 0 Å². The number of hydrogen-bond acceptors (Lipinski definition) is 6. The molecular formula is C12H15BrN6. The molecule has 0 bridgehead atoms. The lowest BCUT2D eigenvalue weighted by molar-refractivity contribution is 0.903. The van der Waals surface area contributed by atoms with Crippen molar-refractivity contribution in [2.24, 2.45) is 5.84 Å². The van der Waals surface area contributed by atoms with E-state index in [0.717, 1.165) is 34.4 Å². The zero-order valence-corrected chi connectivity index (χ0v) is 12.1. The minimum Gasteiger partial charge on any atom is -0.339 e. The maximum atomic E-state index is 5.48. The highest BCUT2D eigenvalue weighted by Gasteiger charge is 2.10. The number of halogens is 1. The third-order valence-electron chi connectivity index (χ3n) is 2.55. The van der Waals surface area contributed by atoms with Gasteiger partial charge in [0.05, 0.1) is 11.9 Å². The van der Waals surface area contributed by atoms with Gasteiger partial charge in [-0.2, -0.15) is 0 Å². The molecule has 2 aromatic rings. The van der Waals surface area contributed by atoms with Crippen LogP contribution >= 0.6 is 15.9 Å². The molecule has 7 heteroatoms. The van der Waals surface area contributed by atoms with Crippen LogP contribution < -0.4 is 16.6 Å². The number of nitrogens with one attached hydrogen (secondary N) is 2. The quantitative estimate of drug-likeness (QED) is 0.579. The van der Waals surface area contributed by atoms with Gasteiger partial charge in [-0.3, -0.25) is 4.98 Å². The lowest BCUT2D eigenvalue weighted by Gasteiger charge is -2.13. The maximum absolute atomic E-state index is 5.48. The summed E-state index contributed by atoms with van der Waals surface area (Å²) in [5.74, 6) is 6.86. The molecule has 0 fully saturated rings. The van der Waals surface area contributed by atoms with Crippen LogP contribution in [0.25, 0.3) is 0 Å². The van der Waals surface area contributed by atoms with E-state index in [1.54, 1.807) is 12.4 Å². The van der Waals surface area contributed by atoms with Crippen molar-refractivity contribution in [3.05, 3.63) is 34.8 Å². The fraction of sp³-hybridized carbons (Fsp3) is 0.250. The van der Waals surface area contributed by atoms with Gasteiger partial charge in [-0.15, -0.1) is 0 Å². The summed E-state index contributed by atoms with van der Waals surface area (Å²) >= 11 is 3.39. The van der Waals surface area contributed by atoms with E-state index in [1.807, 2.05) is 6.07 Å². The molecule has 0 radical (unpaired) electrons. The number of hydrazine groups is 1. The monoisotopic (exact) mass is 322 g/mol. The molecule has 0 amide bonds. The minimum atomic E-state index is 0.641. The van der Waals surface area contributed by atoms with Gasteiger partial charge < -0.3 is 10.7 Å². The lowest BCUT2D eigenvalue weighted by Crippen LogP contribution is -2.13. The molecule has 4 N–H and O–H groups in total. The van der Waals surface area contributed by atoms with E-state index in [-0.39, 0.29) is 0 Å². The molecular weight excluding hydrogens is 308 g/mol. The molecule has 19 heavy (non-hydrogen) atoms. The van der Waals surface area contributed by atoms with Gasteiger partial charge in [-0.25, -0.2) is 15.8 Å². The highest BCUT2D eigenvalue weighted by Crippen LogP contribution is 2.25.